The number of nitrogens with zero attached hydrogens (tertiary/aromatic N) is 1. The molecule has 0 saturated heterocycles. The molecular weight excluding hydrogens is 361 g/mol. The summed E-state index contributed by atoms with van der Waals surface area (Å²) < 4.78 is 43.4. The first kappa shape index (κ1) is 20.9. The summed E-state index contributed by atoms with van der Waals surface area (Å²) in [6.07, 6.45) is -2.46. The zero-order chi connectivity index (χ0) is 19.7. The van der Waals surface area contributed by atoms with Gasteiger partial charge in [-0.1, -0.05) is 6.07 Å². The van der Waals surface area contributed by atoms with Gasteiger partial charge < -0.3 is 20.7 Å². The van der Waals surface area contributed by atoms with Crippen LogP contribution in [0.4, 0.5) is 13.2 Å². The molecule has 150 valence electrons. The molecule has 0 spiro atoms. The summed E-state index contributed by atoms with van der Waals surface area (Å²) in [5.41, 5.74) is -0.740. The molecular formula is C18H25F3N4O2. The number of halogens is 3. The van der Waals surface area contributed by atoms with E-state index in [9.17, 15) is 18.0 Å². The molecule has 0 heterocycles. The molecule has 1 aromatic rings. The molecule has 9 heteroatoms. The third kappa shape index (κ3) is 7.76. The highest BCUT2D eigenvalue weighted by Crippen LogP contribution is 2.31. The SMILES string of the molecule is CCNC(=NCCNC(=O)C1CC1)NCCOc1cccc(C(F)(F)F)c1. The minimum atomic E-state index is -4.39. The van der Waals surface area contributed by atoms with Crippen molar-refractivity contribution >= 4 is 11.9 Å². The first-order valence-electron chi connectivity index (χ1n) is 9.00. The third-order valence-electron chi connectivity index (χ3n) is 3.80. The van der Waals surface area contributed by atoms with E-state index in [2.05, 4.69) is 20.9 Å². The van der Waals surface area contributed by atoms with E-state index in [1.165, 1.54) is 12.1 Å². The Hall–Kier alpha value is -2.45. The van der Waals surface area contributed by atoms with Gasteiger partial charge in [0, 0.05) is 19.0 Å². The van der Waals surface area contributed by atoms with Crippen LogP contribution in [0.3, 0.4) is 0 Å². The highest BCUT2D eigenvalue weighted by molar-refractivity contribution is 5.81. The number of carbonyl (C=O) groups is 1. The van der Waals surface area contributed by atoms with Gasteiger partial charge in [0.15, 0.2) is 5.96 Å². The van der Waals surface area contributed by atoms with Crippen molar-refractivity contribution in [1.82, 2.24) is 16.0 Å². The number of benzene rings is 1. The summed E-state index contributed by atoms with van der Waals surface area (Å²) in [6.45, 7) is 4.04. The lowest BCUT2D eigenvalue weighted by Crippen LogP contribution is -2.40. The van der Waals surface area contributed by atoms with Gasteiger partial charge in [0.2, 0.25) is 5.91 Å². The molecule has 0 unspecified atom stereocenters. The summed E-state index contributed by atoms with van der Waals surface area (Å²) in [4.78, 5) is 15.9. The molecule has 2 rings (SSSR count). The number of aliphatic imine (C=N–C) groups is 1. The van der Waals surface area contributed by atoms with Gasteiger partial charge >= 0.3 is 6.18 Å². The second kappa shape index (κ2) is 10.0. The smallest absolute Gasteiger partial charge is 0.416 e. The molecule has 0 bridgehead atoms. The molecule has 6 nitrogen and oxygen atoms in total. The van der Waals surface area contributed by atoms with Crippen LogP contribution in [0.1, 0.15) is 25.3 Å². The topological polar surface area (TPSA) is 74.8 Å². The van der Waals surface area contributed by atoms with E-state index in [4.69, 9.17) is 4.74 Å². The fourth-order valence-corrected chi connectivity index (χ4v) is 2.28. The van der Waals surface area contributed by atoms with Gasteiger partial charge in [-0.15, -0.1) is 0 Å². The largest absolute Gasteiger partial charge is 0.492 e. The van der Waals surface area contributed by atoms with Crippen molar-refractivity contribution in [1.29, 1.82) is 0 Å². The van der Waals surface area contributed by atoms with Crippen LogP contribution >= 0.6 is 0 Å². The predicted octanol–water partition coefficient (Wildman–Crippen LogP) is 2.17. The maximum absolute atomic E-state index is 12.7. The number of carbonyl (C=O) groups excluding carboxylic acids is 1. The van der Waals surface area contributed by atoms with Gasteiger partial charge in [-0.2, -0.15) is 13.2 Å². The minimum Gasteiger partial charge on any atom is -0.492 e. The van der Waals surface area contributed by atoms with Crippen molar-refractivity contribution in [3.05, 3.63) is 29.8 Å². The van der Waals surface area contributed by atoms with E-state index >= 15 is 0 Å². The summed E-state index contributed by atoms with van der Waals surface area (Å²) in [5, 5.41) is 8.92. The van der Waals surface area contributed by atoms with Crippen LogP contribution in [0.5, 0.6) is 5.75 Å². The normalized spacial score (nSPS) is 14.6. The lowest BCUT2D eigenvalue weighted by molar-refractivity contribution is -0.137. The first-order chi connectivity index (χ1) is 12.9. The van der Waals surface area contributed by atoms with Crippen molar-refractivity contribution in [2.75, 3.05) is 32.8 Å². The van der Waals surface area contributed by atoms with Crippen molar-refractivity contribution in [3.8, 4) is 5.75 Å². The van der Waals surface area contributed by atoms with Crippen LogP contribution in [0.15, 0.2) is 29.3 Å². The van der Waals surface area contributed by atoms with E-state index in [1.807, 2.05) is 6.92 Å². The fourth-order valence-electron chi connectivity index (χ4n) is 2.28. The number of nitrogens with one attached hydrogen (secondary N) is 3. The Balaban J connectivity index is 1.70. The Morgan fingerprint density at radius 2 is 2.00 bits per heavy atom. The molecule has 1 saturated carbocycles. The van der Waals surface area contributed by atoms with Crippen LogP contribution in [0, 0.1) is 5.92 Å². The zero-order valence-corrected chi connectivity index (χ0v) is 15.2. The van der Waals surface area contributed by atoms with Gasteiger partial charge in [0.05, 0.1) is 18.7 Å². The number of ether oxygens (including phenoxy) is 1. The van der Waals surface area contributed by atoms with Gasteiger partial charge in [-0.25, -0.2) is 0 Å². The van der Waals surface area contributed by atoms with Crippen LogP contribution < -0.4 is 20.7 Å². The summed E-state index contributed by atoms with van der Waals surface area (Å²) in [6, 6.07) is 4.77. The Morgan fingerprint density at radius 3 is 2.67 bits per heavy atom. The summed E-state index contributed by atoms with van der Waals surface area (Å²) >= 11 is 0. The Kier molecular flexibility index (Phi) is 7.75. The molecule has 1 amide bonds. The molecule has 3 N–H and O–H groups in total. The molecule has 1 aliphatic rings. The standard InChI is InChI=1S/C18H25F3N4O2/c1-2-22-17(24-9-8-23-16(26)13-6-7-13)25-10-11-27-15-5-3-4-14(12-15)18(19,20)21/h3-5,12-13H,2,6-11H2,1H3,(H,23,26)(H2,22,24,25). The lowest BCUT2D eigenvalue weighted by Gasteiger charge is -2.13. The summed E-state index contributed by atoms with van der Waals surface area (Å²) in [7, 11) is 0. The molecule has 1 fully saturated rings. The van der Waals surface area contributed by atoms with Crippen LogP contribution in [0.2, 0.25) is 0 Å². The second-order valence-corrected chi connectivity index (χ2v) is 6.13. The average molecular weight is 386 g/mol. The highest BCUT2D eigenvalue weighted by Gasteiger charge is 2.30. The monoisotopic (exact) mass is 386 g/mol. The number of hydrogen-bond acceptors (Lipinski definition) is 3. The quantitative estimate of drug-likeness (QED) is 0.345. The third-order valence-corrected chi connectivity index (χ3v) is 3.80. The fraction of sp³-hybridized carbons (Fsp3) is 0.556. The van der Waals surface area contributed by atoms with Crippen molar-refractivity contribution in [2.45, 2.75) is 25.9 Å². The molecule has 1 aromatic carbocycles. The molecule has 0 aliphatic heterocycles. The van der Waals surface area contributed by atoms with Gasteiger partial charge in [0.1, 0.15) is 12.4 Å². The van der Waals surface area contributed by atoms with Crippen molar-refractivity contribution in [3.63, 3.8) is 0 Å². The molecule has 0 atom stereocenters. The van der Waals surface area contributed by atoms with E-state index in [0.717, 1.165) is 25.0 Å². The van der Waals surface area contributed by atoms with Crippen molar-refractivity contribution in [2.24, 2.45) is 10.9 Å². The van der Waals surface area contributed by atoms with E-state index in [0.29, 0.717) is 32.1 Å². The lowest BCUT2D eigenvalue weighted by atomic mass is 10.2. The Bertz CT molecular complexity index is 646. The molecule has 0 aromatic heterocycles. The maximum Gasteiger partial charge on any atom is 0.416 e. The maximum atomic E-state index is 12.7. The first-order valence-corrected chi connectivity index (χ1v) is 9.00. The molecule has 1 aliphatic carbocycles. The zero-order valence-electron chi connectivity index (χ0n) is 15.2. The van der Waals surface area contributed by atoms with E-state index in [-0.39, 0.29) is 24.2 Å². The van der Waals surface area contributed by atoms with Crippen LogP contribution in [0.25, 0.3) is 0 Å². The molecule has 27 heavy (non-hydrogen) atoms. The summed E-state index contributed by atoms with van der Waals surface area (Å²) in [5.74, 6) is 0.980. The van der Waals surface area contributed by atoms with E-state index in [1.54, 1.807) is 0 Å². The average Bonchev–Trinajstić information content (AvgIpc) is 3.46. The number of hydrogen-bond donors (Lipinski definition) is 3. The second-order valence-electron chi connectivity index (χ2n) is 6.13. The minimum absolute atomic E-state index is 0.0812. The van der Waals surface area contributed by atoms with Gasteiger partial charge in [-0.05, 0) is 38.0 Å². The van der Waals surface area contributed by atoms with Crippen LogP contribution in [-0.4, -0.2) is 44.7 Å². The number of rotatable bonds is 9. The van der Waals surface area contributed by atoms with Crippen LogP contribution in [-0.2, 0) is 11.0 Å². The molecule has 0 radical (unpaired) electrons. The van der Waals surface area contributed by atoms with E-state index < -0.39 is 11.7 Å². The van der Waals surface area contributed by atoms with Gasteiger partial charge in [-0.3, -0.25) is 9.79 Å². The number of guanidine groups is 1. The predicted molar refractivity (Wildman–Crippen MR) is 96.7 cm³/mol. The number of amides is 1. The van der Waals surface area contributed by atoms with Gasteiger partial charge in [0.25, 0.3) is 0 Å². The number of alkyl halides is 3. The Labute approximate surface area is 156 Å². The van der Waals surface area contributed by atoms with Crippen molar-refractivity contribution < 1.29 is 22.7 Å². The Morgan fingerprint density at radius 1 is 1.22 bits per heavy atom. The highest BCUT2D eigenvalue weighted by atomic mass is 19.4.